The van der Waals surface area contributed by atoms with Crippen LogP contribution in [0.25, 0.3) is 66.4 Å². The third-order valence-electron chi connectivity index (χ3n) is 11.6. The second-order valence-electron chi connectivity index (χ2n) is 15.3. The first-order valence-electron chi connectivity index (χ1n) is 19.5. The molecule has 0 aromatic heterocycles. The average molecular weight is 716 g/mol. The highest BCUT2D eigenvalue weighted by Gasteiger charge is 2.38. The summed E-state index contributed by atoms with van der Waals surface area (Å²) in [5, 5.41) is 2.61. The van der Waals surface area contributed by atoms with E-state index in [1.807, 2.05) is 0 Å². The second kappa shape index (κ2) is 13.7. The van der Waals surface area contributed by atoms with Crippen LogP contribution >= 0.6 is 0 Å². The van der Waals surface area contributed by atoms with Gasteiger partial charge < -0.3 is 4.90 Å². The predicted molar refractivity (Wildman–Crippen MR) is 238 cm³/mol. The van der Waals surface area contributed by atoms with Gasteiger partial charge in [-0.05, 0) is 126 Å². The van der Waals surface area contributed by atoms with Crippen LogP contribution in [-0.2, 0) is 5.41 Å². The molecule has 0 bridgehead atoms. The molecule has 1 aliphatic rings. The Morgan fingerprint density at radius 1 is 0.357 bits per heavy atom. The fraction of sp³-hybridized carbons (Fsp3) is 0.0545. The Labute approximate surface area is 329 Å². The summed E-state index contributed by atoms with van der Waals surface area (Å²) in [4.78, 5) is 2.45. The van der Waals surface area contributed by atoms with Gasteiger partial charge in [0.25, 0.3) is 0 Å². The molecular weight excluding hydrogens is 675 g/mol. The Balaban J connectivity index is 1.23. The summed E-state index contributed by atoms with van der Waals surface area (Å²) in [6, 6.07) is 77.6. The Hall–Kier alpha value is -6.96. The maximum absolute atomic E-state index is 2.45. The molecule has 0 spiro atoms. The largest absolute Gasteiger partial charge is 0.310 e. The summed E-state index contributed by atoms with van der Waals surface area (Å²) in [7, 11) is 0. The lowest BCUT2D eigenvalue weighted by Gasteiger charge is -2.40. The first-order chi connectivity index (χ1) is 27.5. The number of fused-ring (bicyclic) bond motifs is 2. The van der Waals surface area contributed by atoms with E-state index in [1.54, 1.807) is 0 Å². The molecule has 0 radical (unpaired) electrons. The van der Waals surface area contributed by atoms with Gasteiger partial charge in [-0.3, -0.25) is 0 Å². The van der Waals surface area contributed by atoms with Gasteiger partial charge in [0.1, 0.15) is 0 Å². The minimum Gasteiger partial charge on any atom is -0.310 e. The van der Waals surface area contributed by atoms with Crippen LogP contribution in [0.15, 0.2) is 212 Å². The van der Waals surface area contributed by atoms with E-state index in [2.05, 4.69) is 231 Å². The summed E-state index contributed by atoms with van der Waals surface area (Å²) in [6.45, 7) is 4.82. The minimum absolute atomic E-state index is 0.296. The van der Waals surface area contributed by atoms with Crippen LogP contribution in [0.3, 0.4) is 0 Å². The number of rotatable bonds is 7. The predicted octanol–water partition coefficient (Wildman–Crippen LogP) is 15.3. The molecule has 10 rings (SSSR count). The minimum atomic E-state index is -0.296. The maximum Gasteiger partial charge on any atom is 0.0508 e. The summed E-state index contributed by atoms with van der Waals surface area (Å²) >= 11 is 0. The van der Waals surface area contributed by atoms with Gasteiger partial charge in [-0.15, -0.1) is 0 Å². The van der Waals surface area contributed by atoms with Crippen LogP contribution in [0, 0.1) is 0 Å². The fourth-order valence-corrected chi connectivity index (χ4v) is 8.96. The monoisotopic (exact) mass is 715 g/mol. The summed E-state index contributed by atoms with van der Waals surface area (Å²) in [5.41, 5.74) is 18.1. The lowest BCUT2D eigenvalue weighted by molar-refractivity contribution is 0.646. The summed E-state index contributed by atoms with van der Waals surface area (Å²) in [6.07, 6.45) is 0. The molecule has 9 aromatic rings. The highest BCUT2D eigenvalue weighted by atomic mass is 15.1. The molecule has 0 N–H and O–H groups in total. The Morgan fingerprint density at radius 3 is 1.46 bits per heavy atom. The topological polar surface area (TPSA) is 3.24 Å². The molecule has 1 nitrogen and oxygen atoms in total. The van der Waals surface area contributed by atoms with E-state index in [1.165, 1.54) is 83.2 Å². The van der Waals surface area contributed by atoms with Gasteiger partial charge >= 0.3 is 0 Å². The van der Waals surface area contributed by atoms with Gasteiger partial charge in [0.2, 0.25) is 0 Å². The average Bonchev–Trinajstić information content (AvgIpc) is 3.27. The van der Waals surface area contributed by atoms with E-state index in [4.69, 9.17) is 0 Å². The zero-order chi connectivity index (χ0) is 37.6. The van der Waals surface area contributed by atoms with Crippen LogP contribution in [-0.4, -0.2) is 0 Å². The maximum atomic E-state index is 2.45. The van der Waals surface area contributed by atoms with Crippen molar-refractivity contribution < 1.29 is 0 Å². The molecule has 56 heavy (non-hydrogen) atoms. The van der Waals surface area contributed by atoms with Crippen molar-refractivity contribution in [3.63, 3.8) is 0 Å². The number of para-hydroxylation sites is 1. The fourth-order valence-electron chi connectivity index (χ4n) is 8.96. The molecule has 0 saturated heterocycles. The molecule has 1 heteroatoms. The zero-order valence-electron chi connectivity index (χ0n) is 31.7. The summed E-state index contributed by atoms with van der Waals surface area (Å²) < 4.78 is 0. The van der Waals surface area contributed by atoms with Crippen molar-refractivity contribution in [3.05, 3.63) is 223 Å². The van der Waals surface area contributed by atoms with E-state index in [9.17, 15) is 0 Å². The number of hydrogen-bond acceptors (Lipinski definition) is 1. The smallest absolute Gasteiger partial charge is 0.0508 e. The van der Waals surface area contributed by atoms with Gasteiger partial charge in [0.05, 0.1) is 5.69 Å². The standard InChI is InChI=1S/C55H41N/c1-55(2)50-27-15-23-42-31-34-48(45-36-43(39-19-9-4-10-20-39)35-44(37-45)40-21-11-5-12-22-40)53(52(42)50)49-26-16-28-51(54(49)55)56(46-24-13-6-14-25-46)47-32-29-41(30-33-47)38-17-7-3-8-18-38/h3-37H,1-2H3. The van der Waals surface area contributed by atoms with Crippen molar-refractivity contribution in [2.45, 2.75) is 19.3 Å². The van der Waals surface area contributed by atoms with Gasteiger partial charge in [-0.1, -0.05) is 178 Å². The summed E-state index contributed by atoms with van der Waals surface area (Å²) in [5.74, 6) is 0. The van der Waals surface area contributed by atoms with Gasteiger partial charge in [0, 0.05) is 16.8 Å². The highest BCUT2D eigenvalue weighted by Crippen LogP contribution is 2.56. The molecule has 0 aliphatic heterocycles. The Kier molecular flexibility index (Phi) is 8.23. The third kappa shape index (κ3) is 5.72. The van der Waals surface area contributed by atoms with Gasteiger partial charge in [-0.25, -0.2) is 0 Å². The number of hydrogen-bond donors (Lipinski definition) is 0. The first-order valence-corrected chi connectivity index (χ1v) is 19.5. The zero-order valence-corrected chi connectivity index (χ0v) is 31.7. The third-order valence-corrected chi connectivity index (χ3v) is 11.6. The molecule has 0 saturated carbocycles. The van der Waals surface area contributed by atoms with Crippen molar-refractivity contribution >= 4 is 27.8 Å². The van der Waals surface area contributed by atoms with E-state index in [0.717, 1.165) is 11.4 Å². The van der Waals surface area contributed by atoms with E-state index >= 15 is 0 Å². The molecule has 0 heterocycles. The van der Waals surface area contributed by atoms with Crippen molar-refractivity contribution in [2.24, 2.45) is 0 Å². The quantitative estimate of drug-likeness (QED) is 0.159. The molecule has 1 aliphatic carbocycles. The van der Waals surface area contributed by atoms with E-state index in [-0.39, 0.29) is 5.41 Å². The van der Waals surface area contributed by atoms with Gasteiger partial charge in [-0.2, -0.15) is 0 Å². The molecule has 0 unspecified atom stereocenters. The Morgan fingerprint density at radius 2 is 0.857 bits per heavy atom. The van der Waals surface area contributed by atoms with Crippen molar-refractivity contribution in [2.75, 3.05) is 4.90 Å². The lowest BCUT2D eigenvalue weighted by atomic mass is 9.66. The number of anilines is 3. The number of nitrogens with zero attached hydrogens (tertiary/aromatic N) is 1. The molecule has 0 amide bonds. The molecule has 266 valence electrons. The van der Waals surface area contributed by atoms with Crippen molar-refractivity contribution in [3.8, 4) is 55.6 Å². The number of benzene rings is 9. The van der Waals surface area contributed by atoms with Crippen LogP contribution in [0.2, 0.25) is 0 Å². The van der Waals surface area contributed by atoms with E-state index in [0.29, 0.717) is 0 Å². The van der Waals surface area contributed by atoms with Crippen LogP contribution in [0.5, 0.6) is 0 Å². The van der Waals surface area contributed by atoms with Gasteiger partial charge in [0.15, 0.2) is 0 Å². The van der Waals surface area contributed by atoms with Crippen LogP contribution in [0.4, 0.5) is 17.1 Å². The van der Waals surface area contributed by atoms with Crippen molar-refractivity contribution in [1.29, 1.82) is 0 Å². The Bertz CT molecular complexity index is 2780. The molecular formula is C55H41N. The highest BCUT2D eigenvalue weighted by molar-refractivity contribution is 6.11. The normalized spacial score (nSPS) is 12.6. The second-order valence-corrected chi connectivity index (χ2v) is 15.3. The SMILES string of the molecule is CC1(C)c2c(cccc2N(c2ccccc2)c2ccc(-c3ccccc3)cc2)-c2c(-c3cc(-c4ccccc4)cc(-c4ccccc4)c3)ccc3cccc1c23. The molecule has 9 aromatic carbocycles. The van der Waals surface area contributed by atoms with Crippen LogP contribution in [0.1, 0.15) is 25.0 Å². The lowest BCUT2D eigenvalue weighted by Crippen LogP contribution is -2.27. The van der Waals surface area contributed by atoms with Crippen molar-refractivity contribution in [1.82, 2.24) is 0 Å². The molecule has 0 fully saturated rings. The molecule has 0 atom stereocenters. The van der Waals surface area contributed by atoms with Crippen LogP contribution < -0.4 is 4.90 Å². The first kappa shape index (κ1) is 33.6. The van der Waals surface area contributed by atoms with E-state index < -0.39 is 0 Å².